The van der Waals surface area contributed by atoms with Crippen molar-refractivity contribution in [3.05, 3.63) is 28.2 Å². The van der Waals surface area contributed by atoms with Crippen LogP contribution in [0.1, 0.15) is 6.42 Å². The number of sulfonamides is 1. The largest absolute Gasteiger partial charge is 0.314 e. The van der Waals surface area contributed by atoms with Gasteiger partial charge in [0.15, 0.2) is 0 Å². The van der Waals surface area contributed by atoms with Crippen LogP contribution in [-0.2, 0) is 10.0 Å². The maximum Gasteiger partial charge on any atom is 0.243 e. The van der Waals surface area contributed by atoms with E-state index in [0.717, 1.165) is 32.6 Å². The first-order chi connectivity index (χ1) is 10.5. The summed E-state index contributed by atoms with van der Waals surface area (Å²) in [5, 5.41) is 3.94. The van der Waals surface area contributed by atoms with E-state index in [0.29, 0.717) is 24.2 Å². The summed E-state index contributed by atoms with van der Waals surface area (Å²) >= 11 is 11.8. The van der Waals surface area contributed by atoms with Crippen molar-refractivity contribution in [3.63, 3.8) is 0 Å². The first kappa shape index (κ1) is 19.2. The van der Waals surface area contributed by atoms with Gasteiger partial charge in [-0.1, -0.05) is 23.2 Å². The zero-order chi connectivity index (χ0) is 15.7. The second-order valence-electron chi connectivity index (χ2n) is 5.67. The van der Waals surface area contributed by atoms with Gasteiger partial charge in [0.2, 0.25) is 10.0 Å². The fourth-order valence-electron chi connectivity index (χ4n) is 3.06. The lowest BCUT2D eigenvalue weighted by molar-refractivity contribution is 0.179. The van der Waals surface area contributed by atoms with Crippen LogP contribution in [0.25, 0.3) is 0 Å². The molecule has 1 atom stereocenters. The molecule has 5 nitrogen and oxygen atoms in total. The molecular formula is C14H20Cl3N3O2S. The lowest BCUT2D eigenvalue weighted by atomic mass is 10.2. The second kappa shape index (κ2) is 7.87. The SMILES string of the molecule is Cl.O=S(=O)(c1ccc(Cl)c(Cl)c1)N1CCC(N2CCNCC2)C1. The van der Waals surface area contributed by atoms with E-state index in [1.165, 1.54) is 18.2 Å². The molecule has 2 saturated heterocycles. The van der Waals surface area contributed by atoms with E-state index in [4.69, 9.17) is 23.2 Å². The molecule has 2 fully saturated rings. The molecule has 2 aliphatic rings. The highest BCUT2D eigenvalue weighted by Gasteiger charge is 2.35. The molecule has 9 heteroatoms. The number of nitrogens with one attached hydrogen (secondary N) is 1. The Morgan fingerprint density at radius 1 is 1.09 bits per heavy atom. The summed E-state index contributed by atoms with van der Waals surface area (Å²) < 4.78 is 27.0. The van der Waals surface area contributed by atoms with Gasteiger partial charge in [-0.2, -0.15) is 4.31 Å². The van der Waals surface area contributed by atoms with Crippen molar-refractivity contribution in [1.82, 2.24) is 14.5 Å². The minimum Gasteiger partial charge on any atom is -0.314 e. The molecule has 0 saturated carbocycles. The summed E-state index contributed by atoms with van der Waals surface area (Å²) in [5.41, 5.74) is 0. The van der Waals surface area contributed by atoms with Crippen molar-refractivity contribution >= 4 is 45.6 Å². The van der Waals surface area contributed by atoms with Gasteiger partial charge < -0.3 is 5.32 Å². The third kappa shape index (κ3) is 4.12. The van der Waals surface area contributed by atoms with Crippen LogP contribution in [0, 0.1) is 0 Å². The molecule has 0 aromatic heterocycles. The first-order valence-corrected chi connectivity index (χ1v) is 9.58. The van der Waals surface area contributed by atoms with Gasteiger partial charge in [0.1, 0.15) is 0 Å². The van der Waals surface area contributed by atoms with Crippen LogP contribution < -0.4 is 5.32 Å². The van der Waals surface area contributed by atoms with Crippen LogP contribution in [0.3, 0.4) is 0 Å². The number of hydrogen-bond acceptors (Lipinski definition) is 4. The van der Waals surface area contributed by atoms with E-state index >= 15 is 0 Å². The molecule has 2 aliphatic heterocycles. The highest BCUT2D eigenvalue weighted by atomic mass is 35.5. The fourth-order valence-corrected chi connectivity index (χ4v) is 4.94. The minimum atomic E-state index is -3.50. The molecule has 1 aromatic carbocycles. The summed E-state index contributed by atoms with van der Waals surface area (Å²) in [6.45, 7) is 4.99. The van der Waals surface area contributed by atoms with Crippen LogP contribution in [0.4, 0.5) is 0 Å². The highest BCUT2D eigenvalue weighted by molar-refractivity contribution is 7.89. The Morgan fingerprint density at radius 2 is 1.78 bits per heavy atom. The van der Waals surface area contributed by atoms with Crippen molar-refractivity contribution in [2.45, 2.75) is 17.4 Å². The Hall–Kier alpha value is -0.0800. The molecule has 3 rings (SSSR count). The number of halogens is 3. The molecule has 23 heavy (non-hydrogen) atoms. The van der Waals surface area contributed by atoms with Gasteiger partial charge in [-0.25, -0.2) is 8.42 Å². The molecule has 1 unspecified atom stereocenters. The lowest BCUT2D eigenvalue weighted by Crippen LogP contribution is -2.49. The van der Waals surface area contributed by atoms with E-state index in [9.17, 15) is 8.42 Å². The third-order valence-electron chi connectivity index (χ3n) is 4.32. The van der Waals surface area contributed by atoms with Crippen molar-refractivity contribution in [1.29, 1.82) is 0 Å². The molecule has 130 valence electrons. The molecule has 0 bridgehead atoms. The Kier molecular flexibility index (Phi) is 6.58. The third-order valence-corrected chi connectivity index (χ3v) is 6.92. The average Bonchev–Trinajstić information content (AvgIpc) is 3.01. The van der Waals surface area contributed by atoms with Crippen molar-refractivity contribution in [2.75, 3.05) is 39.3 Å². The monoisotopic (exact) mass is 399 g/mol. The van der Waals surface area contributed by atoms with Crippen LogP contribution in [0.2, 0.25) is 10.0 Å². The number of benzene rings is 1. The van der Waals surface area contributed by atoms with Crippen molar-refractivity contribution in [2.24, 2.45) is 0 Å². The molecular weight excluding hydrogens is 381 g/mol. The molecule has 0 spiro atoms. The summed E-state index contributed by atoms with van der Waals surface area (Å²) in [6.07, 6.45) is 0.876. The maximum atomic E-state index is 12.7. The predicted molar refractivity (Wildman–Crippen MR) is 95.3 cm³/mol. The summed E-state index contributed by atoms with van der Waals surface area (Å²) in [4.78, 5) is 2.59. The molecule has 1 N–H and O–H groups in total. The molecule has 2 heterocycles. The first-order valence-electron chi connectivity index (χ1n) is 7.38. The molecule has 0 amide bonds. The van der Waals surface area contributed by atoms with Gasteiger partial charge in [0, 0.05) is 45.3 Å². The van der Waals surface area contributed by atoms with Crippen LogP contribution >= 0.6 is 35.6 Å². The Balaban J connectivity index is 0.00000192. The van der Waals surface area contributed by atoms with Crippen LogP contribution in [0.5, 0.6) is 0 Å². The standard InChI is InChI=1S/C14H19Cl2N3O2S.ClH/c15-13-2-1-12(9-14(13)16)22(20,21)19-6-3-11(10-19)18-7-4-17-5-8-18;/h1-2,9,11,17H,3-8,10H2;1H. The molecule has 0 radical (unpaired) electrons. The number of rotatable bonds is 3. The Labute approximate surface area is 153 Å². The van der Waals surface area contributed by atoms with E-state index < -0.39 is 10.0 Å². The predicted octanol–water partition coefficient (Wildman–Crippen LogP) is 2.08. The van der Waals surface area contributed by atoms with Gasteiger partial charge in [-0.05, 0) is 24.6 Å². The van der Waals surface area contributed by atoms with Gasteiger partial charge >= 0.3 is 0 Å². The quantitative estimate of drug-likeness (QED) is 0.844. The molecule has 0 aliphatic carbocycles. The second-order valence-corrected chi connectivity index (χ2v) is 8.42. The van der Waals surface area contributed by atoms with Crippen LogP contribution in [-0.4, -0.2) is 62.9 Å². The Bertz CT molecular complexity index is 651. The van der Waals surface area contributed by atoms with Gasteiger partial charge in [-0.3, -0.25) is 4.90 Å². The summed E-state index contributed by atoms with van der Waals surface area (Å²) in [5.74, 6) is 0. The zero-order valence-electron chi connectivity index (χ0n) is 12.5. The normalized spacial score (nSPS) is 23.7. The lowest BCUT2D eigenvalue weighted by Gasteiger charge is -2.32. The number of nitrogens with zero attached hydrogens (tertiary/aromatic N) is 2. The van der Waals surface area contributed by atoms with E-state index in [2.05, 4.69) is 10.2 Å². The number of hydrogen-bond donors (Lipinski definition) is 1. The smallest absolute Gasteiger partial charge is 0.243 e. The zero-order valence-corrected chi connectivity index (χ0v) is 15.7. The highest BCUT2D eigenvalue weighted by Crippen LogP contribution is 2.29. The van der Waals surface area contributed by atoms with Crippen molar-refractivity contribution in [3.8, 4) is 0 Å². The topological polar surface area (TPSA) is 52.7 Å². The van der Waals surface area contributed by atoms with Crippen molar-refractivity contribution < 1.29 is 8.42 Å². The van der Waals surface area contributed by atoms with Gasteiger partial charge in [0.05, 0.1) is 14.9 Å². The minimum absolute atomic E-state index is 0. The summed E-state index contributed by atoms with van der Waals surface area (Å²) in [6, 6.07) is 4.78. The van der Waals surface area contributed by atoms with E-state index in [-0.39, 0.29) is 22.3 Å². The van der Waals surface area contributed by atoms with Gasteiger partial charge in [-0.15, -0.1) is 12.4 Å². The molecule has 1 aromatic rings. The maximum absolute atomic E-state index is 12.7. The fraction of sp³-hybridized carbons (Fsp3) is 0.571. The van der Waals surface area contributed by atoms with Crippen LogP contribution in [0.15, 0.2) is 23.1 Å². The Morgan fingerprint density at radius 3 is 2.43 bits per heavy atom. The average molecular weight is 401 g/mol. The number of piperazine rings is 1. The summed E-state index contributed by atoms with van der Waals surface area (Å²) in [7, 11) is -3.50. The van der Waals surface area contributed by atoms with E-state index in [1.807, 2.05) is 0 Å². The van der Waals surface area contributed by atoms with E-state index in [1.54, 1.807) is 4.31 Å². The van der Waals surface area contributed by atoms with Gasteiger partial charge in [0.25, 0.3) is 0 Å².